The third-order valence-electron chi connectivity index (χ3n) is 4.63. The molecule has 0 saturated heterocycles. The molecule has 0 atom stereocenters. The van der Waals surface area contributed by atoms with Gasteiger partial charge < -0.3 is 10.2 Å². The first-order valence-corrected chi connectivity index (χ1v) is 8.91. The maximum atomic E-state index is 12.1. The number of aromatic amines is 1. The van der Waals surface area contributed by atoms with Crippen molar-refractivity contribution in [2.75, 3.05) is 12.3 Å². The minimum Gasteiger partial charge on any atom is -0.459 e. The van der Waals surface area contributed by atoms with Gasteiger partial charge in [-0.25, -0.2) is 4.98 Å². The van der Waals surface area contributed by atoms with E-state index in [-0.39, 0.29) is 22.2 Å². The molecule has 4 rings (SSSR count). The fraction of sp³-hybridized carbons (Fsp3) is 0.222. The average molecular weight is 402 g/mol. The molecule has 0 unspecified atom stereocenters. The Morgan fingerprint density at radius 3 is 2.96 bits per heavy atom. The number of aromatic nitrogens is 2. The third kappa shape index (κ3) is 3.49. The Balaban J connectivity index is 1.55. The first-order chi connectivity index (χ1) is 13.4. The normalized spacial score (nSPS) is 14.0. The number of nitrogens with two attached hydrogens (primary N) is 1. The number of fused-ring (bicyclic) bond motifs is 1. The van der Waals surface area contributed by atoms with E-state index in [0.717, 1.165) is 5.69 Å². The van der Waals surface area contributed by atoms with E-state index >= 15 is 0 Å². The summed E-state index contributed by atoms with van der Waals surface area (Å²) in [6.07, 6.45) is 0.611. The van der Waals surface area contributed by atoms with E-state index in [1.807, 2.05) is 4.90 Å². The molecular weight excluding hydrogens is 386 g/mol. The van der Waals surface area contributed by atoms with E-state index in [1.54, 1.807) is 24.3 Å². The van der Waals surface area contributed by atoms with Gasteiger partial charge in [0.05, 0.1) is 28.3 Å². The lowest BCUT2D eigenvalue weighted by molar-refractivity contribution is -0.384. The largest absolute Gasteiger partial charge is 0.459 e. The minimum absolute atomic E-state index is 0.115. The van der Waals surface area contributed by atoms with Gasteiger partial charge in [-0.3, -0.25) is 24.8 Å². The number of hydrogen-bond acceptors (Lipinski definition) is 7. The topological polar surface area (TPSA) is 131 Å². The number of nitrogens with one attached hydrogen (secondary N) is 1. The molecule has 1 aromatic carbocycles. The number of anilines is 1. The number of benzene rings is 1. The predicted molar refractivity (Wildman–Crippen MR) is 103 cm³/mol. The van der Waals surface area contributed by atoms with E-state index in [9.17, 15) is 14.9 Å². The lowest BCUT2D eigenvalue weighted by Crippen LogP contribution is -2.35. The zero-order valence-electron chi connectivity index (χ0n) is 14.6. The lowest BCUT2D eigenvalue weighted by Gasteiger charge is -2.26. The van der Waals surface area contributed by atoms with Gasteiger partial charge in [0.25, 0.3) is 11.2 Å². The number of nitro groups is 1. The highest BCUT2D eigenvalue weighted by atomic mass is 35.5. The Bertz CT molecular complexity index is 1120. The SMILES string of the molecule is Nc1nc2c(c(=O)[nH]1)CN(Cc1ccc(-c3ccc(Cl)cc3[N+](=O)[O-])o1)CC2. The monoisotopic (exact) mass is 401 g/mol. The Labute approximate surface area is 163 Å². The van der Waals surface area contributed by atoms with Gasteiger partial charge in [-0.05, 0) is 24.3 Å². The van der Waals surface area contributed by atoms with Crippen LogP contribution in [0.2, 0.25) is 5.02 Å². The number of hydrogen-bond donors (Lipinski definition) is 2. The molecule has 10 heteroatoms. The van der Waals surface area contributed by atoms with Gasteiger partial charge in [0, 0.05) is 30.6 Å². The fourth-order valence-electron chi connectivity index (χ4n) is 3.33. The van der Waals surface area contributed by atoms with E-state index < -0.39 is 4.92 Å². The van der Waals surface area contributed by atoms with Crippen LogP contribution in [0.4, 0.5) is 11.6 Å². The molecule has 3 aromatic rings. The molecule has 28 heavy (non-hydrogen) atoms. The molecule has 0 amide bonds. The molecule has 1 aliphatic heterocycles. The summed E-state index contributed by atoms with van der Waals surface area (Å²) in [7, 11) is 0. The number of H-pyrrole nitrogens is 1. The molecular formula is C18H16ClN5O4. The van der Waals surface area contributed by atoms with Crippen molar-refractivity contribution in [2.45, 2.75) is 19.5 Å². The maximum absolute atomic E-state index is 12.1. The first-order valence-electron chi connectivity index (χ1n) is 8.53. The first kappa shape index (κ1) is 18.2. The number of furan rings is 1. The van der Waals surface area contributed by atoms with Crippen molar-refractivity contribution < 1.29 is 9.34 Å². The van der Waals surface area contributed by atoms with Crippen LogP contribution in [0.15, 0.2) is 39.5 Å². The molecule has 144 valence electrons. The van der Waals surface area contributed by atoms with Gasteiger partial charge >= 0.3 is 0 Å². The number of nitrogens with zero attached hydrogens (tertiary/aromatic N) is 3. The standard InChI is InChI=1S/C18H16ClN5O4/c19-10-1-3-12(15(7-10)24(26)27)16-4-2-11(28-16)8-23-6-5-14-13(9-23)17(25)22-18(20)21-14/h1-4,7H,5-6,8-9H2,(H3,20,21,22,25). The molecule has 2 aromatic heterocycles. The number of nitrogen functional groups attached to an aromatic ring is 1. The smallest absolute Gasteiger partial charge is 0.281 e. The molecule has 0 spiro atoms. The van der Waals surface area contributed by atoms with Crippen LogP contribution in [-0.4, -0.2) is 26.3 Å². The van der Waals surface area contributed by atoms with Gasteiger partial charge in [0.2, 0.25) is 5.95 Å². The molecule has 1 aliphatic rings. The number of halogens is 1. The number of nitro benzene ring substituents is 1. The molecule has 0 bridgehead atoms. The van der Waals surface area contributed by atoms with Gasteiger partial charge in [0.1, 0.15) is 11.5 Å². The highest BCUT2D eigenvalue weighted by molar-refractivity contribution is 6.30. The number of rotatable bonds is 4. The Morgan fingerprint density at radius 1 is 1.36 bits per heavy atom. The summed E-state index contributed by atoms with van der Waals surface area (Å²) in [5.74, 6) is 1.16. The summed E-state index contributed by atoms with van der Waals surface area (Å²) in [6, 6.07) is 7.91. The van der Waals surface area contributed by atoms with E-state index in [2.05, 4.69) is 9.97 Å². The zero-order chi connectivity index (χ0) is 19.8. The summed E-state index contributed by atoms with van der Waals surface area (Å²) in [5.41, 5.74) is 6.92. The van der Waals surface area contributed by atoms with Gasteiger partial charge in [-0.15, -0.1) is 0 Å². The van der Waals surface area contributed by atoms with Crippen LogP contribution >= 0.6 is 11.6 Å². The second kappa shape index (κ2) is 7.10. The Hall–Kier alpha value is -3.17. The lowest BCUT2D eigenvalue weighted by atomic mass is 10.1. The molecule has 0 radical (unpaired) electrons. The molecule has 0 saturated carbocycles. The zero-order valence-corrected chi connectivity index (χ0v) is 15.4. The van der Waals surface area contributed by atoms with Crippen molar-refractivity contribution in [3.63, 3.8) is 0 Å². The van der Waals surface area contributed by atoms with E-state index in [4.69, 9.17) is 21.8 Å². The van der Waals surface area contributed by atoms with Crippen LogP contribution in [0.1, 0.15) is 17.0 Å². The maximum Gasteiger partial charge on any atom is 0.281 e. The van der Waals surface area contributed by atoms with Crippen LogP contribution < -0.4 is 11.3 Å². The summed E-state index contributed by atoms with van der Waals surface area (Å²) in [6.45, 7) is 1.58. The van der Waals surface area contributed by atoms with Gasteiger partial charge in [-0.2, -0.15) is 0 Å². The Kier molecular flexibility index (Phi) is 4.62. The molecule has 3 heterocycles. The molecule has 3 N–H and O–H groups in total. The summed E-state index contributed by atoms with van der Waals surface area (Å²) in [4.78, 5) is 31.7. The van der Waals surface area contributed by atoms with Crippen molar-refractivity contribution in [1.82, 2.24) is 14.9 Å². The summed E-state index contributed by atoms with van der Waals surface area (Å²) in [5, 5.41) is 11.6. The van der Waals surface area contributed by atoms with Crippen LogP contribution in [0, 0.1) is 10.1 Å². The third-order valence-corrected chi connectivity index (χ3v) is 4.86. The molecule has 0 aliphatic carbocycles. The minimum atomic E-state index is -0.490. The van der Waals surface area contributed by atoms with Crippen LogP contribution in [0.25, 0.3) is 11.3 Å². The second-order valence-corrected chi connectivity index (χ2v) is 6.96. The van der Waals surface area contributed by atoms with Gasteiger partial charge in [-0.1, -0.05) is 11.6 Å². The predicted octanol–water partition coefficient (Wildman–Crippen LogP) is 2.73. The second-order valence-electron chi connectivity index (χ2n) is 6.52. The average Bonchev–Trinajstić information content (AvgIpc) is 3.10. The highest BCUT2D eigenvalue weighted by Crippen LogP contribution is 2.33. The van der Waals surface area contributed by atoms with Crippen molar-refractivity contribution in [1.29, 1.82) is 0 Å². The fourth-order valence-corrected chi connectivity index (χ4v) is 3.49. The van der Waals surface area contributed by atoms with Crippen LogP contribution in [-0.2, 0) is 19.5 Å². The highest BCUT2D eigenvalue weighted by Gasteiger charge is 2.23. The van der Waals surface area contributed by atoms with Crippen LogP contribution in [0.5, 0.6) is 0 Å². The Morgan fingerprint density at radius 2 is 2.18 bits per heavy atom. The summed E-state index contributed by atoms with van der Waals surface area (Å²) < 4.78 is 5.83. The quantitative estimate of drug-likeness (QED) is 0.507. The van der Waals surface area contributed by atoms with Crippen molar-refractivity contribution in [3.05, 3.63) is 72.8 Å². The van der Waals surface area contributed by atoms with Crippen molar-refractivity contribution in [2.24, 2.45) is 0 Å². The van der Waals surface area contributed by atoms with E-state index in [1.165, 1.54) is 6.07 Å². The molecule has 9 nitrogen and oxygen atoms in total. The van der Waals surface area contributed by atoms with Crippen molar-refractivity contribution >= 4 is 23.2 Å². The van der Waals surface area contributed by atoms with Gasteiger partial charge in [0.15, 0.2) is 0 Å². The molecule has 0 fully saturated rings. The summed E-state index contributed by atoms with van der Waals surface area (Å²) >= 11 is 5.86. The van der Waals surface area contributed by atoms with Crippen LogP contribution in [0.3, 0.4) is 0 Å². The van der Waals surface area contributed by atoms with E-state index in [0.29, 0.717) is 48.7 Å². The van der Waals surface area contributed by atoms with Crippen molar-refractivity contribution in [3.8, 4) is 11.3 Å².